The summed E-state index contributed by atoms with van der Waals surface area (Å²) in [6.07, 6.45) is 2.85. The van der Waals surface area contributed by atoms with Crippen molar-refractivity contribution >= 4 is 27.3 Å². The van der Waals surface area contributed by atoms with Gasteiger partial charge in [0.15, 0.2) is 0 Å². The minimum atomic E-state index is -3.07. The predicted octanol–water partition coefficient (Wildman–Crippen LogP) is 1.46. The number of amides is 1. The average Bonchev–Trinajstić information content (AvgIpc) is 2.82. The number of nitrogens with one attached hydrogen (secondary N) is 1. The van der Waals surface area contributed by atoms with E-state index in [1.807, 2.05) is 17.7 Å². The molecule has 7 heteroatoms. The molecule has 112 valence electrons. The monoisotopic (exact) mass is 316 g/mol. The summed E-state index contributed by atoms with van der Waals surface area (Å²) in [6, 6.07) is 0. The van der Waals surface area contributed by atoms with E-state index in [4.69, 9.17) is 0 Å². The third-order valence-corrected chi connectivity index (χ3v) is 5.86. The molecule has 0 aromatic carbocycles. The summed E-state index contributed by atoms with van der Waals surface area (Å²) in [5, 5.41) is 6.76. The number of nitrogens with zero attached hydrogens (tertiary/aromatic N) is 1. The summed E-state index contributed by atoms with van der Waals surface area (Å²) in [5.41, 5.74) is 1.74. The molecule has 0 atom stereocenters. The highest BCUT2D eigenvalue weighted by molar-refractivity contribution is 7.88. The molecule has 0 radical (unpaired) electrons. The van der Waals surface area contributed by atoms with Gasteiger partial charge in [0.2, 0.25) is 10.0 Å². The molecule has 1 amide bonds. The van der Waals surface area contributed by atoms with Crippen LogP contribution in [0.2, 0.25) is 0 Å². The first-order valence-corrected chi connectivity index (χ1v) is 9.43. The van der Waals surface area contributed by atoms with E-state index in [0.717, 1.165) is 24.0 Å². The molecular formula is C13H20N2O3S2. The molecule has 2 heterocycles. The van der Waals surface area contributed by atoms with Gasteiger partial charge >= 0.3 is 0 Å². The second kappa shape index (κ2) is 6.24. The van der Waals surface area contributed by atoms with Gasteiger partial charge in [-0.2, -0.15) is 11.3 Å². The molecule has 0 saturated carbocycles. The number of carbonyl (C=O) groups is 1. The highest BCUT2D eigenvalue weighted by atomic mass is 32.2. The molecule has 1 aromatic heterocycles. The first-order chi connectivity index (χ1) is 9.38. The Morgan fingerprint density at radius 3 is 2.55 bits per heavy atom. The standard InChI is InChI=1S/C13H20N2O3S2/c1-10-8-19-9-12(10)13(16)14-7-11-3-5-15(6-4-11)20(2,17)18/h8-9,11H,3-7H2,1-2H3,(H,14,16). The second-order valence-electron chi connectivity index (χ2n) is 5.28. The van der Waals surface area contributed by atoms with E-state index in [-0.39, 0.29) is 5.91 Å². The number of thiophene rings is 1. The van der Waals surface area contributed by atoms with Crippen LogP contribution in [0.4, 0.5) is 0 Å². The second-order valence-corrected chi connectivity index (χ2v) is 8.01. The minimum absolute atomic E-state index is 0.0331. The molecule has 1 fully saturated rings. The smallest absolute Gasteiger partial charge is 0.252 e. The van der Waals surface area contributed by atoms with E-state index in [2.05, 4.69) is 5.32 Å². The van der Waals surface area contributed by atoms with Gasteiger partial charge in [0, 0.05) is 25.0 Å². The van der Waals surface area contributed by atoms with Crippen molar-refractivity contribution in [2.75, 3.05) is 25.9 Å². The summed E-state index contributed by atoms with van der Waals surface area (Å²) >= 11 is 1.52. The number of aryl methyl sites for hydroxylation is 1. The molecule has 1 aliphatic heterocycles. The quantitative estimate of drug-likeness (QED) is 0.914. The van der Waals surface area contributed by atoms with Crippen molar-refractivity contribution in [2.24, 2.45) is 5.92 Å². The van der Waals surface area contributed by atoms with Crippen LogP contribution in [0.1, 0.15) is 28.8 Å². The van der Waals surface area contributed by atoms with Gasteiger partial charge in [-0.1, -0.05) is 0 Å². The number of piperidine rings is 1. The van der Waals surface area contributed by atoms with E-state index in [0.29, 0.717) is 25.6 Å². The SMILES string of the molecule is Cc1cscc1C(=O)NCC1CCN(S(C)(=O)=O)CC1. The molecule has 1 aromatic rings. The van der Waals surface area contributed by atoms with Crippen molar-refractivity contribution in [3.63, 3.8) is 0 Å². The summed E-state index contributed by atoms with van der Waals surface area (Å²) in [6.45, 7) is 3.65. The van der Waals surface area contributed by atoms with Crippen LogP contribution >= 0.6 is 11.3 Å². The first kappa shape index (κ1) is 15.5. The Hall–Kier alpha value is -0.920. The zero-order valence-electron chi connectivity index (χ0n) is 11.8. The molecule has 1 saturated heterocycles. The lowest BCUT2D eigenvalue weighted by Crippen LogP contribution is -2.41. The maximum Gasteiger partial charge on any atom is 0.252 e. The molecule has 20 heavy (non-hydrogen) atoms. The molecule has 1 aliphatic rings. The Labute approximate surface area is 124 Å². The zero-order chi connectivity index (χ0) is 14.8. The van der Waals surface area contributed by atoms with Gasteiger partial charge in [-0.3, -0.25) is 4.79 Å². The number of sulfonamides is 1. The summed E-state index contributed by atoms with van der Waals surface area (Å²) in [7, 11) is -3.07. The van der Waals surface area contributed by atoms with Crippen LogP contribution in [-0.4, -0.2) is 44.5 Å². The van der Waals surface area contributed by atoms with Gasteiger partial charge in [0.1, 0.15) is 0 Å². The topological polar surface area (TPSA) is 66.5 Å². The highest BCUT2D eigenvalue weighted by Gasteiger charge is 2.25. The minimum Gasteiger partial charge on any atom is -0.352 e. The molecular weight excluding hydrogens is 296 g/mol. The third-order valence-electron chi connectivity index (χ3n) is 3.69. The van der Waals surface area contributed by atoms with E-state index in [1.165, 1.54) is 21.9 Å². The van der Waals surface area contributed by atoms with Gasteiger partial charge in [-0.15, -0.1) is 0 Å². The largest absolute Gasteiger partial charge is 0.352 e. The molecule has 0 unspecified atom stereocenters. The maximum absolute atomic E-state index is 12.0. The summed E-state index contributed by atoms with van der Waals surface area (Å²) in [5.74, 6) is 0.324. The lowest BCUT2D eigenvalue weighted by atomic mass is 9.98. The summed E-state index contributed by atoms with van der Waals surface area (Å²) < 4.78 is 24.3. The van der Waals surface area contributed by atoms with Crippen molar-refractivity contribution in [2.45, 2.75) is 19.8 Å². The summed E-state index contributed by atoms with van der Waals surface area (Å²) in [4.78, 5) is 12.0. The van der Waals surface area contributed by atoms with Crippen molar-refractivity contribution < 1.29 is 13.2 Å². The highest BCUT2D eigenvalue weighted by Crippen LogP contribution is 2.19. The van der Waals surface area contributed by atoms with Crippen molar-refractivity contribution in [3.05, 3.63) is 21.9 Å². The molecule has 1 N–H and O–H groups in total. The van der Waals surface area contributed by atoms with Crippen LogP contribution in [0.5, 0.6) is 0 Å². The van der Waals surface area contributed by atoms with Gasteiger partial charge in [0.05, 0.1) is 11.8 Å². The van der Waals surface area contributed by atoms with Gasteiger partial charge < -0.3 is 5.32 Å². The number of hydrogen-bond donors (Lipinski definition) is 1. The van der Waals surface area contributed by atoms with Crippen molar-refractivity contribution in [1.29, 1.82) is 0 Å². The van der Waals surface area contributed by atoms with Crippen LogP contribution in [0.15, 0.2) is 10.8 Å². The lowest BCUT2D eigenvalue weighted by molar-refractivity contribution is 0.0941. The normalized spacial score (nSPS) is 18.1. The van der Waals surface area contributed by atoms with Crippen LogP contribution < -0.4 is 5.32 Å². The van der Waals surface area contributed by atoms with Crippen LogP contribution in [-0.2, 0) is 10.0 Å². The Kier molecular flexibility index (Phi) is 4.82. The first-order valence-electron chi connectivity index (χ1n) is 6.64. The van der Waals surface area contributed by atoms with E-state index >= 15 is 0 Å². The third kappa shape index (κ3) is 3.80. The molecule has 0 spiro atoms. The molecule has 0 bridgehead atoms. The number of carbonyl (C=O) groups excluding carboxylic acids is 1. The lowest BCUT2D eigenvalue weighted by Gasteiger charge is -2.30. The van der Waals surface area contributed by atoms with E-state index < -0.39 is 10.0 Å². The fraction of sp³-hybridized carbons (Fsp3) is 0.615. The van der Waals surface area contributed by atoms with Crippen LogP contribution in [0.3, 0.4) is 0 Å². The Morgan fingerprint density at radius 1 is 1.40 bits per heavy atom. The van der Waals surface area contributed by atoms with Gasteiger partial charge in [-0.05, 0) is 36.6 Å². The van der Waals surface area contributed by atoms with Crippen LogP contribution in [0.25, 0.3) is 0 Å². The Balaban J connectivity index is 1.80. The Morgan fingerprint density at radius 2 is 2.05 bits per heavy atom. The van der Waals surface area contributed by atoms with Crippen molar-refractivity contribution in [3.8, 4) is 0 Å². The molecule has 5 nitrogen and oxygen atoms in total. The fourth-order valence-electron chi connectivity index (χ4n) is 2.37. The molecule has 0 aliphatic carbocycles. The van der Waals surface area contributed by atoms with Gasteiger partial charge in [0.25, 0.3) is 5.91 Å². The number of hydrogen-bond acceptors (Lipinski definition) is 4. The zero-order valence-corrected chi connectivity index (χ0v) is 13.4. The van der Waals surface area contributed by atoms with E-state index in [1.54, 1.807) is 0 Å². The van der Waals surface area contributed by atoms with Crippen LogP contribution in [0, 0.1) is 12.8 Å². The molecule has 2 rings (SSSR count). The Bertz CT molecular complexity index is 572. The number of rotatable bonds is 4. The van der Waals surface area contributed by atoms with Crippen molar-refractivity contribution in [1.82, 2.24) is 9.62 Å². The predicted molar refractivity (Wildman–Crippen MR) is 80.5 cm³/mol. The van der Waals surface area contributed by atoms with Gasteiger partial charge in [-0.25, -0.2) is 12.7 Å². The fourth-order valence-corrected chi connectivity index (χ4v) is 4.07. The van der Waals surface area contributed by atoms with E-state index in [9.17, 15) is 13.2 Å². The average molecular weight is 316 g/mol. The maximum atomic E-state index is 12.0.